The highest BCUT2D eigenvalue weighted by Crippen LogP contribution is 2.25. The number of halogens is 1. The lowest BCUT2D eigenvalue weighted by molar-refractivity contribution is 0.0599. The first-order valence-electron chi connectivity index (χ1n) is 9.61. The van der Waals surface area contributed by atoms with Gasteiger partial charge in [0, 0.05) is 22.5 Å². The number of carbonyl (C=O) groups excluding carboxylic acids is 1. The number of hydrogen-bond donors (Lipinski definition) is 1. The van der Waals surface area contributed by atoms with E-state index in [9.17, 15) is 13.2 Å². The molecular weight excluding hydrogens is 456 g/mol. The van der Waals surface area contributed by atoms with Gasteiger partial charge in [-0.05, 0) is 62.1 Å². The van der Waals surface area contributed by atoms with Crippen LogP contribution in [0, 0.1) is 13.8 Å². The molecule has 0 aliphatic heterocycles. The molecule has 0 spiro atoms. The van der Waals surface area contributed by atoms with Gasteiger partial charge in [0.05, 0.1) is 23.3 Å². The van der Waals surface area contributed by atoms with Gasteiger partial charge >= 0.3 is 5.97 Å². The van der Waals surface area contributed by atoms with E-state index in [4.69, 9.17) is 16.3 Å². The number of carbonyl (C=O) groups is 1. The molecule has 164 valence electrons. The summed E-state index contributed by atoms with van der Waals surface area (Å²) in [6, 6.07) is 10.4. The van der Waals surface area contributed by atoms with Crippen molar-refractivity contribution in [1.82, 2.24) is 9.71 Å². The molecule has 1 heterocycles. The molecule has 1 aromatic heterocycles. The molecule has 0 bridgehead atoms. The number of esters is 1. The number of rotatable bonds is 8. The first kappa shape index (κ1) is 23.4. The highest BCUT2D eigenvalue weighted by atomic mass is 35.5. The quantitative estimate of drug-likeness (QED) is 0.372. The normalized spacial score (nSPS) is 11.5. The third kappa shape index (κ3) is 5.71. The van der Waals surface area contributed by atoms with Crippen molar-refractivity contribution in [3.8, 4) is 10.6 Å². The van der Waals surface area contributed by atoms with Crippen molar-refractivity contribution < 1.29 is 17.9 Å². The summed E-state index contributed by atoms with van der Waals surface area (Å²) < 4.78 is 32.8. The summed E-state index contributed by atoms with van der Waals surface area (Å²) in [5.74, 6) is -0.558. The van der Waals surface area contributed by atoms with Crippen LogP contribution in [0.2, 0.25) is 5.02 Å². The molecule has 0 fully saturated rings. The topological polar surface area (TPSA) is 85.4 Å². The minimum absolute atomic E-state index is 0.0506. The summed E-state index contributed by atoms with van der Waals surface area (Å²) in [4.78, 5) is 16.6. The summed E-state index contributed by atoms with van der Waals surface area (Å²) >= 11 is 7.46. The van der Waals surface area contributed by atoms with Crippen LogP contribution in [-0.2, 0) is 21.2 Å². The minimum atomic E-state index is -3.75. The van der Waals surface area contributed by atoms with Crippen LogP contribution in [0.3, 0.4) is 0 Å². The lowest BCUT2D eigenvalue weighted by Crippen LogP contribution is -2.25. The zero-order chi connectivity index (χ0) is 22.6. The van der Waals surface area contributed by atoms with Crippen molar-refractivity contribution in [3.63, 3.8) is 0 Å². The molecule has 0 saturated heterocycles. The summed E-state index contributed by atoms with van der Waals surface area (Å²) in [5.41, 5.74) is 3.57. The molecule has 0 atom stereocenters. The molecule has 6 nitrogen and oxygen atoms in total. The predicted molar refractivity (Wildman–Crippen MR) is 123 cm³/mol. The van der Waals surface area contributed by atoms with Crippen LogP contribution < -0.4 is 4.72 Å². The van der Waals surface area contributed by atoms with Crippen molar-refractivity contribution in [2.75, 3.05) is 13.7 Å². The molecule has 0 aliphatic carbocycles. The first-order valence-corrected chi connectivity index (χ1v) is 12.3. The van der Waals surface area contributed by atoms with Crippen molar-refractivity contribution in [1.29, 1.82) is 0 Å². The largest absolute Gasteiger partial charge is 0.465 e. The second-order valence-corrected chi connectivity index (χ2v) is 10.1. The summed E-state index contributed by atoms with van der Waals surface area (Å²) in [6.45, 7) is 3.79. The van der Waals surface area contributed by atoms with E-state index in [1.54, 1.807) is 31.3 Å². The average molecular weight is 479 g/mol. The van der Waals surface area contributed by atoms with Gasteiger partial charge in [0.15, 0.2) is 0 Å². The third-order valence-electron chi connectivity index (χ3n) is 4.90. The number of methoxy groups -OCH3 is 1. The molecule has 0 saturated carbocycles. The molecule has 3 aromatic rings. The highest BCUT2D eigenvalue weighted by Gasteiger charge is 2.20. The van der Waals surface area contributed by atoms with Gasteiger partial charge in [-0.25, -0.2) is 22.9 Å². The van der Waals surface area contributed by atoms with Gasteiger partial charge in [-0.1, -0.05) is 23.7 Å². The number of aromatic nitrogens is 1. The van der Waals surface area contributed by atoms with E-state index in [-0.39, 0.29) is 17.0 Å². The van der Waals surface area contributed by atoms with E-state index < -0.39 is 16.0 Å². The molecule has 0 unspecified atom stereocenters. The van der Waals surface area contributed by atoms with Gasteiger partial charge in [-0.3, -0.25) is 0 Å². The smallest absolute Gasteiger partial charge is 0.338 e. The molecule has 3 rings (SSSR count). The van der Waals surface area contributed by atoms with E-state index in [0.29, 0.717) is 29.0 Å². The SMILES string of the molecule is COC(=O)c1cc(S(=O)(=O)NCCCc2csc(-c3ccc(Cl)cc3)n2)cc(C)c1C. The second kappa shape index (κ2) is 9.91. The fraction of sp³-hybridized carbons (Fsp3) is 0.273. The predicted octanol–water partition coefficient (Wildman–Crippen LogP) is 4.78. The highest BCUT2D eigenvalue weighted by molar-refractivity contribution is 7.89. The Kier molecular flexibility index (Phi) is 7.48. The van der Waals surface area contributed by atoms with Gasteiger partial charge in [0.25, 0.3) is 0 Å². The fourth-order valence-corrected chi connectivity index (χ4v) is 5.18. The number of sulfonamides is 1. The monoisotopic (exact) mass is 478 g/mol. The zero-order valence-corrected chi connectivity index (χ0v) is 19.8. The Labute approximate surface area is 191 Å². The van der Waals surface area contributed by atoms with E-state index in [1.165, 1.54) is 13.2 Å². The molecule has 0 aliphatic rings. The number of hydrogen-bond acceptors (Lipinski definition) is 6. The Morgan fingerprint density at radius 1 is 1.19 bits per heavy atom. The molecule has 0 radical (unpaired) electrons. The number of aryl methyl sites for hydroxylation is 2. The number of nitrogens with zero attached hydrogens (tertiary/aromatic N) is 1. The molecule has 31 heavy (non-hydrogen) atoms. The van der Waals surface area contributed by atoms with Crippen molar-refractivity contribution in [2.45, 2.75) is 31.6 Å². The van der Waals surface area contributed by atoms with E-state index in [0.717, 1.165) is 16.3 Å². The molecule has 0 amide bonds. The van der Waals surface area contributed by atoms with Gasteiger partial charge in [-0.15, -0.1) is 11.3 Å². The van der Waals surface area contributed by atoms with E-state index in [1.807, 2.05) is 29.6 Å². The lowest BCUT2D eigenvalue weighted by atomic mass is 10.0. The van der Waals surface area contributed by atoms with Crippen molar-refractivity contribution >= 4 is 38.9 Å². The lowest BCUT2D eigenvalue weighted by Gasteiger charge is -2.12. The van der Waals surface area contributed by atoms with Crippen LogP contribution in [0.15, 0.2) is 46.7 Å². The van der Waals surface area contributed by atoms with E-state index in [2.05, 4.69) is 9.71 Å². The Bertz CT molecular complexity index is 1190. The van der Waals surface area contributed by atoms with Crippen LogP contribution in [0.1, 0.15) is 33.6 Å². The maximum atomic E-state index is 12.7. The fourth-order valence-electron chi connectivity index (χ4n) is 3.01. The maximum Gasteiger partial charge on any atom is 0.338 e. The number of benzene rings is 2. The second-order valence-electron chi connectivity index (χ2n) is 7.06. The summed E-state index contributed by atoms with van der Waals surface area (Å²) in [6.07, 6.45) is 1.24. The first-order chi connectivity index (χ1) is 14.7. The third-order valence-corrected chi connectivity index (χ3v) is 7.53. The summed E-state index contributed by atoms with van der Waals surface area (Å²) in [5, 5.41) is 3.55. The van der Waals surface area contributed by atoms with Crippen LogP contribution in [0.5, 0.6) is 0 Å². The van der Waals surface area contributed by atoms with Crippen molar-refractivity contribution in [2.24, 2.45) is 0 Å². The van der Waals surface area contributed by atoms with Gasteiger partial charge in [-0.2, -0.15) is 0 Å². The number of nitrogens with one attached hydrogen (secondary N) is 1. The van der Waals surface area contributed by atoms with E-state index >= 15 is 0 Å². The molecule has 1 N–H and O–H groups in total. The average Bonchev–Trinajstić information content (AvgIpc) is 3.22. The van der Waals surface area contributed by atoms with Crippen LogP contribution in [0.4, 0.5) is 0 Å². The van der Waals surface area contributed by atoms with Crippen LogP contribution in [0.25, 0.3) is 10.6 Å². The van der Waals surface area contributed by atoms with Crippen LogP contribution in [-0.4, -0.2) is 33.0 Å². The van der Waals surface area contributed by atoms with Crippen LogP contribution >= 0.6 is 22.9 Å². The molecule has 9 heteroatoms. The summed E-state index contributed by atoms with van der Waals surface area (Å²) in [7, 11) is -2.48. The van der Waals surface area contributed by atoms with Gasteiger partial charge < -0.3 is 4.74 Å². The molecular formula is C22H23ClN2O4S2. The Morgan fingerprint density at radius 2 is 1.90 bits per heavy atom. The molecule has 2 aromatic carbocycles. The zero-order valence-electron chi connectivity index (χ0n) is 17.4. The minimum Gasteiger partial charge on any atom is -0.465 e. The number of ether oxygens (including phenoxy) is 1. The Hall–Kier alpha value is -2.26. The standard InChI is InChI=1S/C22H23ClN2O4S2/c1-14-11-19(12-20(15(14)2)22(26)29-3)31(27,28)24-10-4-5-18-13-30-21(25-18)16-6-8-17(23)9-7-16/h6-9,11-13,24H,4-5,10H2,1-3H3. The maximum absolute atomic E-state index is 12.7. The van der Waals surface area contributed by atoms with Gasteiger partial charge in [0.1, 0.15) is 5.01 Å². The van der Waals surface area contributed by atoms with Gasteiger partial charge in [0.2, 0.25) is 10.0 Å². The Morgan fingerprint density at radius 3 is 2.58 bits per heavy atom. The Balaban J connectivity index is 1.61. The van der Waals surface area contributed by atoms with Crippen molar-refractivity contribution in [3.05, 3.63) is 69.2 Å². The number of thiazole rings is 1.